The highest BCUT2D eigenvalue weighted by Crippen LogP contribution is 2.19. The quantitative estimate of drug-likeness (QED) is 0.845. The second-order valence-corrected chi connectivity index (χ2v) is 5.95. The standard InChI is InChI=1S/C14H22ClN3O2/c1-6-18(9-14(2,3)20)13(19)10-7-11(15)16-12(8-10)17(4)5/h7-8,20H,6,9H2,1-5H3. The minimum absolute atomic E-state index is 0.165. The summed E-state index contributed by atoms with van der Waals surface area (Å²) in [5, 5.41) is 10.1. The normalized spacial score (nSPS) is 11.3. The van der Waals surface area contributed by atoms with Gasteiger partial charge in [-0.05, 0) is 32.9 Å². The van der Waals surface area contributed by atoms with Crippen LogP contribution in [-0.4, -0.2) is 53.7 Å². The molecule has 0 fully saturated rings. The molecule has 0 aliphatic rings. The monoisotopic (exact) mass is 299 g/mol. The predicted octanol–water partition coefficient (Wildman–Crippen LogP) is 2.03. The molecule has 1 aromatic heterocycles. The summed E-state index contributed by atoms with van der Waals surface area (Å²) in [5.41, 5.74) is -0.466. The van der Waals surface area contributed by atoms with Crippen LogP contribution in [0.3, 0.4) is 0 Å². The summed E-state index contributed by atoms with van der Waals surface area (Å²) < 4.78 is 0. The topological polar surface area (TPSA) is 56.7 Å². The van der Waals surface area contributed by atoms with Crippen molar-refractivity contribution >= 4 is 23.3 Å². The van der Waals surface area contributed by atoms with Gasteiger partial charge in [0.25, 0.3) is 5.91 Å². The first-order valence-corrected chi connectivity index (χ1v) is 6.88. The second kappa shape index (κ2) is 6.41. The predicted molar refractivity (Wildman–Crippen MR) is 81.4 cm³/mol. The first-order chi connectivity index (χ1) is 9.14. The first kappa shape index (κ1) is 16.7. The molecule has 20 heavy (non-hydrogen) atoms. The number of halogens is 1. The molecule has 5 nitrogen and oxygen atoms in total. The molecular weight excluding hydrogens is 278 g/mol. The molecule has 0 atom stereocenters. The van der Waals surface area contributed by atoms with Gasteiger partial charge >= 0.3 is 0 Å². The van der Waals surface area contributed by atoms with Crippen molar-refractivity contribution in [3.8, 4) is 0 Å². The average Bonchev–Trinajstić information content (AvgIpc) is 2.33. The Morgan fingerprint density at radius 1 is 1.40 bits per heavy atom. The van der Waals surface area contributed by atoms with E-state index in [1.807, 2.05) is 21.0 Å². The molecule has 1 rings (SSSR count). The third kappa shape index (κ3) is 4.65. The lowest BCUT2D eigenvalue weighted by molar-refractivity contribution is 0.0314. The zero-order valence-corrected chi connectivity index (χ0v) is 13.4. The Kier molecular flexibility index (Phi) is 5.36. The molecule has 1 amide bonds. The third-order valence-electron chi connectivity index (χ3n) is 2.73. The summed E-state index contributed by atoms with van der Waals surface area (Å²) >= 11 is 5.96. The van der Waals surface area contributed by atoms with Crippen LogP contribution in [0.15, 0.2) is 12.1 Å². The SMILES string of the molecule is CCN(CC(C)(C)O)C(=O)c1cc(Cl)nc(N(C)C)c1. The molecule has 0 aliphatic carbocycles. The van der Waals surface area contributed by atoms with E-state index in [1.54, 1.807) is 35.8 Å². The summed E-state index contributed by atoms with van der Waals surface area (Å²) in [6.45, 7) is 6.00. The first-order valence-electron chi connectivity index (χ1n) is 6.50. The van der Waals surface area contributed by atoms with Gasteiger partial charge < -0.3 is 14.9 Å². The minimum atomic E-state index is -0.938. The van der Waals surface area contributed by atoms with E-state index in [0.29, 0.717) is 17.9 Å². The highest BCUT2D eigenvalue weighted by molar-refractivity contribution is 6.29. The maximum Gasteiger partial charge on any atom is 0.254 e. The highest BCUT2D eigenvalue weighted by atomic mass is 35.5. The molecule has 112 valence electrons. The van der Waals surface area contributed by atoms with Crippen LogP contribution in [0.25, 0.3) is 0 Å². The zero-order chi connectivity index (χ0) is 15.5. The fourth-order valence-electron chi connectivity index (χ4n) is 1.81. The zero-order valence-electron chi connectivity index (χ0n) is 12.6. The van der Waals surface area contributed by atoms with E-state index in [4.69, 9.17) is 11.6 Å². The van der Waals surface area contributed by atoms with Crippen LogP contribution in [0.4, 0.5) is 5.82 Å². The van der Waals surface area contributed by atoms with E-state index < -0.39 is 5.60 Å². The van der Waals surface area contributed by atoms with Crippen molar-refractivity contribution in [1.82, 2.24) is 9.88 Å². The molecule has 0 spiro atoms. The van der Waals surface area contributed by atoms with E-state index in [-0.39, 0.29) is 17.6 Å². The molecule has 1 aromatic rings. The number of hydrogen-bond acceptors (Lipinski definition) is 4. The molecule has 1 N–H and O–H groups in total. The fourth-order valence-corrected chi connectivity index (χ4v) is 2.02. The molecule has 1 heterocycles. The van der Waals surface area contributed by atoms with Crippen molar-refractivity contribution in [3.05, 3.63) is 22.8 Å². The number of anilines is 1. The van der Waals surface area contributed by atoms with Crippen LogP contribution < -0.4 is 4.90 Å². The summed E-state index contributed by atoms with van der Waals surface area (Å²) in [6.07, 6.45) is 0. The number of aromatic nitrogens is 1. The van der Waals surface area contributed by atoms with Gasteiger partial charge in [-0.15, -0.1) is 0 Å². The smallest absolute Gasteiger partial charge is 0.254 e. The van der Waals surface area contributed by atoms with Gasteiger partial charge in [-0.2, -0.15) is 0 Å². The fraction of sp³-hybridized carbons (Fsp3) is 0.571. The average molecular weight is 300 g/mol. The van der Waals surface area contributed by atoms with E-state index in [9.17, 15) is 9.90 Å². The summed E-state index contributed by atoms with van der Waals surface area (Å²) in [5.74, 6) is 0.460. The van der Waals surface area contributed by atoms with Crippen molar-refractivity contribution in [2.75, 3.05) is 32.1 Å². The van der Waals surface area contributed by atoms with Gasteiger partial charge in [-0.1, -0.05) is 11.6 Å². The van der Waals surface area contributed by atoms with Gasteiger partial charge in [-0.25, -0.2) is 4.98 Å². The summed E-state index contributed by atoms with van der Waals surface area (Å²) in [7, 11) is 3.67. The Bertz CT molecular complexity index is 484. The summed E-state index contributed by atoms with van der Waals surface area (Å²) in [6, 6.07) is 3.24. The number of carbonyl (C=O) groups excluding carboxylic acids is 1. The molecule has 0 aliphatic heterocycles. The number of hydrogen-bond donors (Lipinski definition) is 1. The van der Waals surface area contributed by atoms with Gasteiger partial charge in [0.1, 0.15) is 11.0 Å². The lowest BCUT2D eigenvalue weighted by atomic mass is 10.1. The third-order valence-corrected chi connectivity index (χ3v) is 2.93. The van der Waals surface area contributed by atoms with E-state index in [1.165, 1.54) is 0 Å². The van der Waals surface area contributed by atoms with Crippen molar-refractivity contribution < 1.29 is 9.90 Å². The Balaban J connectivity index is 3.06. The molecule has 0 saturated heterocycles. The van der Waals surface area contributed by atoms with Crippen LogP contribution in [0.2, 0.25) is 5.15 Å². The molecule has 0 bridgehead atoms. The molecule has 0 saturated carbocycles. The minimum Gasteiger partial charge on any atom is -0.389 e. The number of likely N-dealkylation sites (N-methyl/N-ethyl adjacent to an activating group) is 1. The van der Waals surface area contributed by atoms with Crippen LogP contribution in [0, 0.1) is 0 Å². The molecule has 0 unspecified atom stereocenters. The molecular formula is C14H22ClN3O2. The van der Waals surface area contributed by atoms with E-state index in [2.05, 4.69) is 4.98 Å². The lowest BCUT2D eigenvalue weighted by Gasteiger charge is -2.28. The van der Waals surface area contributed by atoms with Gasteiger partial charge in [0.15, 0.2) is 0 Å². The summed E-state index contributed by atoms with van der Waals surface area (Å²) in [4.78, 5) is 20.0. The lowest BCUT2D eigenvalue weighted by Crippen LogP contribution is -2.42. The van der Waals surface area contributed by atoms with Crippen LogP contribution >= 0.6 is 11.6 Å². The Hall–Kier alpha value is -1.33. The van der Waals surface area contributed by atoms with Gasteiger partial charge in [0, 0.05) is 32.7 Å². The molecule has 0 aromatic carbocycles. The number of rotatable bonds is 5. The number of pyridine rings is 1. The van der Waals surface area contributed by atoms with Gasteiger partial charge in [0.2, 0.25) is 0 Å². The number of nitrogens with zero attached hydrogens (tertiary/aromatic N) is 3. The second-order valence-electron chi connectivity index (χ2n) is 5.56. The van der Waals surface area contributed by atoms with E-state index >= 15 is 0 Å². The van der Waals surface area contributed by atoms with Gasteiger partial charge in [0.05, 0.1) is 5.60 Å². The largest absolute Gasteiger partial charge is 0.389 e. The van der Waals surface area contributed by atoms with Gasteiger partial charge in [-0.3, -0.25) is 4.79 Å². The number of aliphatic hydroxyl groups is 1. The number of carbonyl (C=O) groups is 1. The number of amides is 1. The maximum atomic E-state index is 12.5. The Morgan fingerprint density at radius 3 is 2.45 bits per heavy atom. The van der Waals surface area contributed by atoms with Crippen molar-refractivity contribution in [2.45, 2.75) is 26.4 Å². The maximum absolute atomic E-state index is 12.5. The van der Waals surface area contributed by atoms with Crippen LogP contribution in [0.1, 0.15) is 31.1 Å². The molecule has 0 radical (unpaired) electrons. The van der Waals surface area contributed by atoms with Crippen molar-refractivity contribution in [1.29, 1.82) is 0 Å². The molecule has 6 heteroatoms. The highest BCUT2D eigenvalue weighted by Gasteiger charge is 2.23. The Morgan fingerprint density at radius 2 is 2.00 bits per heavy atom. The van der Waals surface area contributed by atoms with Crippen molar-refractivity contribution in [3.63, 3.8) is 0 Å². The Labute approximate surface area is 125 Å². The van der Waals surface area contributed by atoms with Crippen LogP contribution in [0.5, 0.6) is 0 Å². The van der Waals surface area contributed by atoms with Crippen molar-refractivity contribution in [2.24, 2.45) is 0 Å². The van der Waals surface area contributed by atoms with Crippen LogP contribution in [-0.2, 0) is 0 Å². The van der Waals surface area contributed by atoms with E-state index in [0.717, 1.165) is 0 Å².